The van der Waals surface area contributed by atoms with Crippen LogP contribution in [0.25, 0.3) is 0 Å². The minimum atomic E-state index is 0.298. The highest BCUT2D eigenvalue weighted by atomic mass is 79.9. The Morgan fingerprint density at radius 3 is 2.83 bits per heavy atom. The van der Waals surface area contributed by atoms with Crippen molar-refractivity contribution >= 4 is 43.2 Å². The molecule has 0 bridgehead atoms. The zero-order valence-corrected chi connectivity index (χ0v) is 14.6. The van der Waals surface area contributed by atoms with Crippen LogP contribution >= 0.6 is 43.2 Å². The van der Waals surface area contributed by atoms with E-state index in [0.29, 0.717) is 12.0 Å². The van der Waals surface area contributed by atoms with Crippen molar-refractivity contribution in [3.8, 4) is 0 Å². The maximum Gasteiger partial charge on any atom is 0.0843 e. The fourth-order valence-corrected chi connectivity index (χ4v) is 5.22. The molecule has 5 heteroatoms. The molecule has 2 rings (SSSR count). The SMILES string of the molecule is CCC1CCCC(C(NN)c2cc(Br)c(Br)s2)C1. The summed E-state index contributed by atoms with van der Waals surface area (Å²) in [6.45, 7) is 2.30. The summed E-state index contributed by atoms with van der Waals surface area (Å²) in [7, 11) is 0. The number of hydrazine groups is 1. The van der Waals surface area contributed by atoms with Gasteiger partial charge < -0.3 is 0 Å². The minimum Gasteiger partial charge on any atom is -0.271 e. The molecule has 1 aromatic rings. The number of hydrogen-bond acceptors (Lipinski definition) is 3. The molecule has 0 aliphatic heterocycles. The first-order chi connectivity index (χ1) is 8.65. The number of nitrogens with one attached hydrogen (secondary N) is 1. The predicted octanol–water partition coefficient (Wildman–Crippen LogP) is 4.99. The molecule has 1 heterocycles. The van der Waals surface area contributed by atoms with Crippen molar-refractivity contribution in [3.63, 3.8) is 0 Å². The Hall–Kier alpha value is 0.580. The number of nitrogens with two attached hydrogens (primary N) is 1. The Kier molecular flexibility index (Phi) is 5.69. The first kappa shape index (κ1) is 15.0. The van der Waals surface area contributed by atoms with E-state index in [1.165, 1.54) is 37.0 Å². The van der Waals surface area contributed by atoms with Crippen LogP contribution in [0.5, 0.6) is 0 Å². The highest BCUT2D eigenvalue weighted by Crippen LogP contribution is 2.42. The third-order valence-electron chi connectivity index (χ3n) is 4.02. The summed E-state index contributed by atoms with van der Waals surface area (Å²) in [5, 5.41) is 0. The van der Waals surface area contributed by atoms with Crippen LogP contribution in [-0.2, 0) is 0 Å². The Morgan fingerprint density at radius 2 is 2.28 bits per heavy atom. The molecule has 0 spiro atoms. The van der Waals surface area contributed by atoms with E-state index in [9.17, 15) is 0 Å². The van der Waals surface area contributed by atoms with Gasteiger partial charge in [-0.3, -0.25) is 11.3 Å². The zero-order chi connectivity index (χ0) is 13.1. The molecule has 1 saturated carbocycles. The molecule has 0 radical (unpaired) electrons. The minimum absolute atomic E-state index is 0.298. The summed E-state index contributed by atoms with van der Waals surface area (Å²) < 4.78 is 2.28. The Bertz CT molecular complexity index is 375. The smallest absolute Gasteiger partial charge is 0.0843 e. The van der Waals surface area contributed by atoms with Crippen molar-refractivity contribution < 1.29 is 0 Å². The second-order valence-corrected chi connectivity index (χ2v) is 8.37. The lowest BCUT2D eigenvalue weighted by Gasteiger charge is -2.33. The molecule has 102 valence electrons. The van der Waals surface area contributed by atoms with Gasteiger partial charge in [0.2, 0.25) is 0 Å². The molecule has 0 saturated heterocycles. The quantitative estimate of drug-likeness (QED) is 0.556. The van der Waals surface area contributed by atoms with Crippen LogP contribution in [0, 0.1) is 11.8 Å². The predicted molar refractivity (Wildman–Crippen MR) is 85.5 cm³/mol. The van der Waals surface area contributed by atoms with Crippen molar-refractivity contribution in [3.05, 3.63) is 19.2 Å². The van der Waals surface area contributed by atoms with Gasteiger partial charge >= 0.3 is 0 Å². The van der Waals surface area contributed by atoms with Gasteiger partial charge in [0.1, 0.15) is 0 Å². The topological polar surface area (TPSA) is 38.0 Å². The number of halogens is 2. The van der Waals surface area contributed by atoms with Crippen molar-refractivity contribution in [2.24, 2.45) is 17.7 Å². The van der Waals surface area contributed by atoms with Crippen LogP contribution in [0.4, 0.5) is 0 Å². The standard InChI is InChI=1S/C13H20Br2N2S/c1-2-8-4-3-5-9(6-8)12(17-16)11-7-10(14)13(15)18-11/h7-9,12,17H,2-6,16H2,1H3. The number of rotatable bonds is 4. The summed E-state index contributed by atoms with van der Waals surface area (Å²) in [5.74, 6) is 7.36. The van der Waals surface area contributed by atoms with Crippen LogP contribution in [-0.4, -0.2) is 0 Å². The zero-order valence-electron chi connectivity index (χ0n) is 10.6. The molecule has 1 aromatic heterocycles. The fraction of sp³-hybridized carbons (Fsp3) is 0.692. The average Bonchev–Trinajstić information content (AvgIpc) is 2.70. The van der Waals surface area contributed by atoms with Gasteiger partial charge in [-0.15, -0.1) is 11.3 Å². The highest BCUT2D eigenvalue weighted by Gasteiger charge is 2.29. The molecule has 3 N–H and O–H groups in total. The Morgan fingerprint density at radius 1 is 1.50 bits per heavy atom. The van der Waals surface area contributed by atoms with E-state index in [0.717, 1.165) is 14.2 Å². The largest absolute Gasteiger partial charge is 0.271 e. The molecule has 2 nitrogen and oxygen atoms in total. The van der Waals surface area contributed by atoms with E-state index >= 15 is 0 Å². The summed E-state index contributed by atoms with van der Waals surface area (Å²) in [6, 6.07) is 2.49. The summed E-state index contributed by atoms with van der Waals surface area (Å²) in [4.78, 5) is 1.33. The normalized spacial score (nSPS) is 26.2. The molecule has 3 atom stereocenters. The molecular formula is C13H20Br2N2S. The van der Waals surface area contributed by atoms with E-state index in [1.54, 1.807) is 11.3 Å². The molecule has 18 heavy (non-hydrogen) atoms. The third kappa shape index (κ3) is 3.37. The summed E-state index contributed by atoms with van der Waals surface area (Å²) >= 11 is 8.90. The van der Waals surface area contributed by atoms with Gasteiger partial charge in [0, 0.05) is 9.35 Å². The lowest BCUT2D eigenvalue weighted by Crippen LogP contribution is -2.35. The van der Waals surface area contributed by atoms with Crippen molar-refractivity contribution in [2.75, 3.05) is 0 Å². The molecule has 1 aliphatic carbocycles. The molecule has 0 aromatic carbocycles. The van der Waals surface area contributed by atoms with Crippen LogP contribution in [0.2, 0.25) is 0 Å². The lowest BCUT2D eigenvalue weighted by atomic mass is 9.76. The molecule has 1 fully saturated rings. The van der Waals surface area contributed by atoms with Crippen LogP contribution in [0.3, 0.4) is 0 Å². The van der Waals surface area contributed by atoms with Crippen molar-refractivity contribution in [1.29, 1.82) is 0 Å². The maximum absolute atomic E-state index is 5.81. The van der Waals surface area contributed by atoms with Gasteiger partial charge in [0.25, 0.3) is 0 Å². The van der Waals surface area contributed by atoms with E-state index < -0.39 is 0 Å². The number of hydrogen-bond donors (Lipinski definition) is 2. The van der Waals surface area contributed by atoms with Crippen LogP contribution < -0.4 is 11.3 Å². The lowest BCUT2D eigenvalue weighted by molar-refractivity contribution is 0.212. The molecule has 0 amide bonds. The van der Waals surface area contributed by atoms with Gasteiger partial charge in [-0.2, -0.15) is 0 Å². The Labute approximate surface area is 130 Å². The molecule has 3 unspecified atom stereocenters. The second-order valence-electron chi connectivity index (χ2n) is 5.12. The molecular weight excluding hydrogens is 376 g/mol. The maximum atomic E-state index is 5.81. The van der Waals surface area contributed by atoms with Crippen LogP contribution in [0.15, 0.2) is 14.3 Å². The highest BCUT2D eigenvalue weighted by molar-refractivity contribution is 9.13. The third-order valence-corrected chi connectivity index (χ3v) is 7.36. The fourth-order valence-electron chi connectivity index (χ4n) is 2.97. The van der Waals surface area contributed by atoms with E-state index in [-0.39, 0.29) is 0 Å². The summed E-state index contributed by atoms with van der Waals surface area (Å²) in [6.07, 6.45) is 6.62. The van der Waals surface area contributed by atoms with Gasteiger partial charge in [0.15, 0.2) is 0 Å². The van der Waals surface area contributed by atoms with Crippen molar-refractivity contribution in [1.82, 2.24) is 5.43 Å². The average molecular weight is 396 g/mol. The van der Waals surface area contributed by atoms with Crippen LogP contribution in [0.1, 0.15) is 49.9 Å². The van der Waals surface area contributed by atoms with Gasteiger partial charge in [-0.05, 0) is 62.6 Å². The first-order valence-corrected chi connectivity index (χ1v) is 8.96. The van der Waals surface area contributed by atoms with Gasteiger partial charge in [0.05, 0.1) is 9.83 Å². The molecule has 1 aliphatic rings. The van der Waals surface area contributed by atoms with Gasteiger partial charge in [-0.1, -0.05) is 26.2 Å². The second kappa shape index (κ2) is 6.84. The van der Waals surface area contributed by atoms with Gasteiger partial charge in [-0.25, -0.2) is 0 Å². The van der Waals surface area contributed by atoms with E-state index in [4.69, 9.17) is 5.84 Å². The van der Waals surface area contributed by atoms with Crippen molar-refractivity contribution in [2.45, 2.75) is 45.1 Å². The van der Waals surface area contributed by atoms with E-state index in [2.05, 4.69) is 50.3 Å². The first-order valence-electron chi connectivity index (χ1n) is 6.56. The Balaban J connectivity index is 2.12. The number of thiophene rings is 1. The van der Waals surface area contributed by atoms with E-state index in [1.807, 2.05) is 0 Å². The monoisotopic (exact) mass is 394 g/mol. The summed E-state index contributed by atoms with van der Waals surface area (Å²) in [5.41, 5.74) is 3.04.